The number of carbonyl (C=O) groups is 1. The van der Waals surface area contributed by atoms with Crippen LogP contribution in [0.3, 0.4) is 0 Å². The van der Waals surface area contributed by atoms with Crippen molar-refractivity contribution in [1.82, 2.24) is 5.32 Å². The first kappa shape index (κ1) is 11.7. The smallest absolute Gasteiger partial charge is 0.222 e. The molecule has 5 heteroatoms. The summed E-state index contributed by atoms with van der Waals surface area (Å²) in [6, 6.07) is 0. The molecular formula is C3H6BaN2OS. The summed E-state index contributed by atoms with van der Waals surface area (Å²) in [5, 5.41) is 2.20. The van der Waals surface area contributed by atoms with E-state index in [1.54, 1.807) is 0 Å². The number of hydrogen-bond acceptors (Lipinski definition) is 2. The predicted molar refractivity (Wildman–Crippen MR) is 36.4 cm³/mol. The molecule has 0 fully saturated rings. The molecule has 2 radical (unpaired) electrons. The van der Waals surface area contributed by atoms with Crippen LogP contribution in [0.1, 0.15) is 6.92 Å². The number of carbonyl (C=O) groups excluding carboxylic acids is 1. The summed E-state index contributed by atoms with van der Waals surface area (Å²) >= 11 is 4.32. The molecule has 0 unspecified atom stereocenters. The Bertz CT molecular complexity index is 93.5. The van der Waals surface area contributed by atoms with Crippen molar-refractivity contribution in [2.24, 2.45) is 5.73 Å². The van der Waals surface area contributed by atoms with Gasteiger partial charge in [0.05, 0.1) is 0 Å². The first-order chi connectivity index (χ1) is 3.13. The van der Waals surface area contributed by atoms with Crippen molar-refractivity contribution in [2.45, 2.75) is 6.92 Å². The zero-order valence-corrected chi connectivity index (χ0v) is 9.86. The van der Waals surface area contributed by atoms with Gasteiger partial charge in [0.25, 0.3) is 0 Å². The van der Waals surface area contributed by atoms with Gasteiger partial charge in [-0.25, -0.2) is 0 Å². The molecule has 0 aromatic heterocycles. The van der Waals surface area contributed by atoms with E-state index in [0.29, 0.717) is 0 Å². The van der Waals surface area contributed by atoms with Crippen LogP contribution < -0.4 is 11.1 Å². The van der Waals surface area contributed by atoms with Gasteiger partial charge in [0.1, 0.15) is 0 Å². The van der Waals surface area contributed by atoms with Crippen molar-refractivity contribution >= 4 is 72.1 Å². The Morgan fingerprint density at radius 1 is 1.75 bits per heavy atom. The molecule has 0 aliphatic carbocycles. The summed E-state index contributed by atoms with van der Waals surface area (Å²) in [5.74, 6) is -0.229. The van der Waals surface area contributed by atoms with Gasteiger partial charge in [-0.05, 0) is 12.2 Å². The van der Waals surface area contributed by atoms with Crippen molar-refractivity contribution in [3.63, 3.8) is 0 Å². The number of rotatable bonds is 0. The molecule has 0 aromatic rings. The molecule has 0 saturated heterocycles. The van der Waals surface area contributed by atoms with Crippen LogP contribution in [0.25, 0.3) is 0 Å². The zero-order chi connectivity index (χ0) is 5.86. The minimum Gasteiger partial charge on any atom is -0.376 e. The predicted octanol–water partition coefficient (Wildman–Crippen LogP) is -1.01. The van der Waals surface area contributed by atoms with Crippen LogP contribution in [0.5, 0.6) is 0 Å². The molecule has 0 heterocycles. The van der Waals surface area contributed by atoms with Gasteiger partial charge in [-0.2, -0.15) is 0 Å². The van der Waals surface area contributed by atoms with E-state index in [0.717, 1.165) is 0 Å². The maximum atomic E-state index is 9.98. The minimum atomic E-state index is -0.229. The molecule has 0 atom stereocenters. The fraction of sp³-hybridized carbons (Fsp3) is 0.333. The first-order valence-electron chi connectivity index (χ1n) is 1.70. The third kappa shape index (κ3) is 10.0. The normalized spacial score (nSPS) is 6.62. The van der Waals surface area contributed by atoms with E-state index >= 15 is 0 Å². The third-order valence-electron chi connectivity index (χ3n) is 0.299. The Morgan fingerprint density at radius 3 is 2.12 bits per heavy atom. The quantitative estimate of drug-likeness (QED) is 0.431. The monoisotopic (exact) mass is 256 g/mol. The summed E-state index contributed by atoms with van der Waals surface area (Å²) in [4.78, 5) is 9.98. The molecule has 0 bridgehead atoms. The second kappa shape index (κ2) is 6.06. The molecule has 3 nitrogen and oxygen atoms in total. The van der Waals surface area contributed by atoms with Gasteiger partial charge in [-0.15, -0.1) is 0 Å². The van der Waals surface area contributed by atoms with Gasteiger partial charge in [0.2, 0.25) is 5.91 Å². The Balaban J connectivity index is 0. The molecule has 0 aliphatic rings. The van der Waals surface area contributed by atoms with E-state index in [4.69, 9.17) is 5.73 Å². The van der Waals surface area contributed by atoms with E-state index < -0.39 is 0 Å². The molecule has 0 rings (SSSR count). The van der Waals surface area contributed by atoms with Crippen LogP contribution in [0.4, 0.5) is 0 Å². The second-order valence-corrected chi connectivity index (χ2v) is 1.49. The van der Waals surface area contributed by atoms with Crippen LogP contribution >= 0.6 is 12.2 Å². The van der Waals surface area contributed by atoms with Crippen LogP contribution in [-0.2, 0) is 4.79 Å². The maximum Gasteiger partial charge on any atom is 0.222 e. The molecule has 3 N–H and O–H groups in total. The number of amides is 1. The summed E-state index contributed by atoms with van der Waals surface area (Å²) in [6.07, 6.45) is 0. The summed E-state index contributed by atoms with van der Waals surface area (Å²) in [7, 11) is 0. The summed E-state index contributed by atoms with van der Waals surface area (Å²) in [5.41, 5.74) is 4.89. The van der Waals surface area contributed by atoms with E-state index in [1.807, 2.05) is 0 Å². The van der Waals surface area contributed by atoms with Crippen LogP contribution in [0, 0.1) is 0 Å². The molecule has 0 aliphatic heterocycles. The fourth-order valence-electron chi connectivity index (χ4n) is 0.173. The molecule has 42 valence electrons. The van der Waals surface area contributed by atoms with Crippen molar-refractivity contribution in [1.29, 1.82) is 0 Å². The van der Waals surface area contributed by atoms with E-state index in [9.17, 15) is 4.79 Å². The van der Waals surface area contributed by atoms with Crippen LogP contribution in [0.15, 0.2) is 0 Å². The van der Waals surface area contributed by atoms with Gasteiger partial charge >= 0.3 is 0 Å². The average Bonchev–Trinajstić information content (AvgIpc) is 1.27. The van der Waals surface area contributed by atoms with Crippen LogP contribution in [0.2, 0.25) is 0 Å². The van der Waals surface area contributed by atoms with Gasteiger partial charge in [0.15, 0.2) is 5.11 Å². The Kier molecular flexibility index (Phi) is 8.85. The SMILES string of the molecule is CC(=O)NC(N)=S.[Ba]. The summed E-state index contributed by atoms with van der Waals surface area (Å²) in [6.45, 7) is 1.35. The summed E-state index contributed by atoms with van der Waals surface area (Å²) < 4.78 is 0. The van der Waals surface area contributed by atoms with E-state index in [1.165, 1.54) is 6.92 Å². The Labute approximate surface area is 93.5 Å². The largest absolute Gasteiger partial charge is 0.376 e. The van der Waals surface area contributed by atoms with Crippen molar-refractivity contribution < 1.29 is 4.79 Å². The molecule has 0 saturated carbocycles. The molecule has 1 amide bonds. The number of nitrogens with two attached hydrogens (primary N) is 1. The van der Waals surface area contributed by atoms with Gasteiger partial charge in [0, 0.05) is 55.8 Å². The van der Waals surface area contributed by atoms with Crippen molar-refractivity contribution in [3.8, 4) is 0 Å². The topological polar surface area (TPSA) is 55.1 Å². The van der Waals surface area contributed by atoms with Gasteiger partial charge in [-0.1, -0.05) is 0 Å². The molecule has 8 heavy (non-hydrogen) atoms. The maximum absolute atomic E-state index is 9.98. The average molecular weight is 255 g/mol. The standard InChI is InChI=1S/C3H6N2OS.Ba/c1-2(6)5-3(4)7;/h1H3,(H3,4,5,6,7);. The fourth-order valence-corrected chi connectivity index (χ4v) is 0.317. The zero-order valence-electron chi connectivity index (χ0n) is 4.60. The second-order valence-electron chi connectivity index (χ2n) is 1.05. The molecular weight excluding hydrogens is 249 g/mol. The van der Waals surface area contributed by atoms with Gasteiger partial charge < -0.3 is 11.1 Å². The van der Waals surface area contributed by atoms with E-state index in [-0.39, 0.29) is 59.9 Å². The number of thiocarbonyl (C=S) groups is 1. The third-order valence-corrected chi connectivity index (χ3v) is 0.401. The molecule has 0 aromatic carbocycles. The van der Waals surface area contributed by atoms with Gasteiger partial charge in [-0.3, -0.25) is 4.79 Å². The number of nitrogens with one attached hydrogen (secondary N) is 1. The Hall–Kier alpha value is 0.931. The number of hydrogen-bond donors (Lipinski definition) is 2. The molecule has 0 spiro atoms. The van der Waals surface area contributed by atoms with Crippen molar-refractivity contribution in [2.75, 3.05) is 0 Å². The Morgan fingerprint density at radius 2 is 2.12 bits per heavy atom. The van der Waals surface area contributed by atoms with E-state index in [2.05, 4.69) is 17.5 Å². The van der Waals surface area contributed by atoms with Crippen LogP contribution in [-0.4, -0.2) is 59.9 Å². The first-order valence-corrected chi connectivity index (χ1v) is 2.11. The van der Waals surface area contributed by atoms with Crippen molar-refractivity contribution in [3.05, 3.63) is 0 Å². The minimum absolute atomic E-state index is 0.